The van der Waals surface area contributed by atoms with Gasteiger partial charge in [0.05, 0.1) is 5.75 Å². The third kappa shape index (κ3) is 24.6. The van der Waals surface area contributed by atoms with Gasteiger partial charge in [-0.3, -0.25) is 9.35 Å². The van der Waals surface area contributed by atoms with Crippen molar-refractivity contribution in [2.24, 2.45) is 0 Å². The van der Waals surface area contributed by atoms with Crippen molar-refractivity contribution in [2.45, 2.75) is 33.1 Å². The Labute approximate surface area is 78.5 Å². The first-order valence-electron chi connectivity index (χ1n) is 4.00. The summed E-state index contributed by atoms with van der Waals surface area (Å²) in [4.78, 5) is 9.60. The number of carbonyl (C=O) groups is 1. The van der Waals surface area contributed by atoms with Gasteiger partial charge in [-0.2, -0.15) is 8.42 Å². The third-order valence-corrected chi connectivity index (χ3v) is 1.85. The summed E-state index contributed by atoms with van der Waals surface area (Å²) in [5, 5.41) is 7.91. The lowest BCUT2D eigenvalue weighted by Crippen LogP contribution is -2.01. The maximum absolute atomic E-state index is 9.79. The van der Waals surface area contributed by atoms with Crippen LogP contribution < -0.4 is 0 Å². The van der Waals surface area contributed by atoms with Gasteiger partial charge in [0.1, 0.15) is 0 Å². The Morgan fingerprint density at radius 3 is 1.69 bits per heavy atom. The summed E-state index contributed by atoms with van der Waals surface area (Å²) in [7, 11) is -3.67. The lowest BCUT2D eigenvalue weighted by Gasteiger charge is -1.85. The fraction of sp³-hybridized carbons (Fsp3) is 0.857. The standard InChI is InChI=1S/C4H8O2.C3H8O3S/c1-2-3-4(5)6;1-2-3-7(4,5)6/h2-3H2,1H3,(H,5,6);2-3H2,1H3,(H,4,5,6). The van der Waals surface area contributed by atoms with E-state index in [1.165, 1.54) is 0 Å². The molecule has 0 amide bonds. The Balaban J connectivity index is 0. The Bertz CT molecular complexity index is 219. The van der Waals surface area contributed by atoms with Crippen LogP contribution in [-0.2, 0) is 14.9 Å². The largest absolute Gasteiger partial charge is 0.481 e. The molecule has 0 atom stereocenters. The molecule has 0 saturated heterocycles. The molecule has 0 fully saturated rings. The maximum atomic E-state index is 9.79. The van der Waals surface area contributed by atoms with E-state index in [4.69, 9.17) is 9.66 Å². The van der Waals surface area contributed by atoms with E-state index in [9.17, 15) is 13.2 Å². The van der Waals surface area contributed by atoms with Crippen LogP contribution in [0.5, 0.6) is 0 Å². The zero-order valence-corrected chi connectivity index (χ0v) is 8.67. The molecule has 80 valence electrons. The molecule has 0 aromatic rings. The highest BCUT2D eigenvalue weighted by Gasteiger charge is 1.98. The van der Waals surface area contributed by atoms with Crippen molar-refractivity contribution in [1.29, 1.82) is 0 Å². The molecule has 5 nitrogen and oxygen atoms in total. The molecule has 0 unspecified atom stereocenters. The predicted molar refractivity (Wildman–Crippen MR) is 49.3 cm³/mol. The summed E-state index contributed by atoms with van der Waals surface area (Å²) in [5.74, 6) is -0.843. The minimum absolute atomic E-state index is 0.132. The molecular formula is C7H16O5S. The first kappa shape index (κ1) is 14.9. The molecule has 0 rings (SSSR count). The number of hydrogen-bond acceptors (Lipinski definition) is 3. The molecular weight excluding hydrogens is 196 g/mol. The van der Waals surface area contributed by atoms with Gasteiger partial charge in [-0.05, 0) is 12.8 Å². The zero-order valence-electron chi connectivity index (χ0n) is 7.86. The third-order valence-electron chi connectivity index (χ3n) is 0.926. The SMILES string of the molecule is CCCC(=O)O.CCCS(=O)(=O)O. The first-order chi connectivity index (χ1) is 5.83. The molecule has 0 saturated carbocycles. The predicted octanol–water partition coefficient (Wildman–Crippen LogP) is 1.16. The minimum atomic E-state index is -3.67. The molecule has 0 radical (unpaired) electrons. The molecule has 0 aromatic carbocycles. The molecule has 0 bridgehead atoms. The molecule has 0 heterocycles. The van der Waals surface area contributed by atoms with Crippen molar-refractivity contribution in [2.75, 3.05) is 5.75 Å². The summed E-state index contributed by atoms with van der Waals surface area (Å²) in [6.07, 6.45) is 1.49. The zero-order chi connectivity index (χ0) is 10.9. The summed E-state index contributed by atoms with van der Waals surface area (Å²) >= 11 is 0. The summed E-state index contributed by atoms with van der Waals surface area (Å²) in [6, 6.07) is 0. The lowest BCUT2D eigenvalue weighted by molar-refractivity contribution is -0.137. The quantitative estimate of drug-likeness (QED) is 0.682. The monoisotopic (exact) mass is 212 g/mol. The molecule has 13 heavy (non-hydrogen) atoms. The van der Waals surface area contributed by atoms with Gasteiger partial charge in [0.2, 0.25) is 0 Å². The molecule has 0 aromatic heterocycles. The van der Waals surface area contributed by atoms with Crippen LogP contribution in [0.4, 0.5) is 0 Å². The Morgan fingerprint density at radius 1 is 1.23 bits per heavy atom. The second kappa shape index (κ2) is 8.00. The molecule has 0 spiro atoms. The first-order valence-corrected chi connectivity index (χ1v) is 5.61. The molecule has 0 aliphatic rings. The fourth-order valence-electron chi connectivity index (χ4n) is 0.472. The number of hydrogen-bond donors (Lipinski definition) is 2. The van der Waals surface area contributed by atoms with Crippen LogP contribution in [0, 0.1) is 0 Å². The second-order valence-electron chi connectivity index (χ2n) is 2.43. The van der Waals surface area contributed by atoms with E-state index in [0.29, 0.717) is 12.8 Å². The van der Waals surface area contributed by atoms with E-state index in [2.05, 4.69) is 0 Å². The highest BCUT2D eigenvalue weighted by molar-refractivity contribution is 7.85. The highest BCUT2D eigenvalue weighted by atomic mass is 32.2. The van der Waals surface area contributed by atoms with E-state index < -0.39 is 16.1 Å². The number of carboxylic acid groups (broad SMARTS) is 1. The van der Waals surface area contributed by atoms with Crippen molar-refractivity contribution in [3.05, 3.63) is 0 Å². The molecule has 0 aliphatic carbocycles. The number of rotatable bonds is 4. The van der Waals surface area contributed by atoms with Gasteiger partial charge in [-0.25, -0.2) is 0 Å². The van der Waals surface area contributed by atoms with E-state index in [1.54, 1.807) is 6.92 Å². The normalized spacial score (nSPS) is 10.1. The van der Waals surface area contributed by atoms with E-state index in [1.807, 2.05) is 6.92 Å². The van der Waals surface area contributed by atoms with Gasteiger partial charge in [-0.1, -0.05) is 13.8 Å². The molecule has 6 heteroatoms. The van der Waals surface area contributed by atoms with Crippen molar-refractivity contribution >= 4 is 16.1 Å². The van der Waals surface area contributed by atoms with E-state index >= 15 is 0 Å². The van der Waals surface area contributed by atoms with Gasteiger partial charge >= 0.3 is 5.97 Å². The van der Waals surface area contributed by atoms with Crippen LogP contribution in [0.15, 0.2) is 0 Å². The molecule has 2 N–H and O–H groups in total. The van der Waals surface area contributed by atoms with Crippen molar-refractivity contribution < 1.29 is 22.9 Å². The fourth-order valence-corrected chi connectivity index (χ4v) is 0.988. The smallest absolute Gasteiger partial charge is 0.303 e. The Hall–Kier alpha value is -0.620. The van der Waals surface area contributed by atoms with Gasteiger partial charge in [-0.15, -0.1) is 0 Å². The number of carboxylic acids is 1. The lowest BCUT2D eigenvalue weighted by atomic mass is 10.4. The van der Waals surface area contributed by atoms with Crippen molar-refractivity contribution in [3.8, 4) is 0 Å². The second-order valence-corrected chi connectivity index (χ2v) is 4.00. The van der Waals surface area contributed by atoms with Crippen molar-refractivity contribution in [3.63, 3.8) is 0 Å². The van der Waals surface area contributed by atoms with Crippen LogP contribution in [-0.4, -0.2) is 29.8 Å². The van der Waals surface area contributed by atoms with Gasteiger partial charge in [0, 0.05) is 6.42 Å². The van der Waals surface area contributed by atoms with Crippen LogP contribution in [0.25, 0.3) is 0 Å². The van der Waals surface area contributed by atoms with Gasteiger partial charge < -0.3 is 5.11 Å². The van der Waals surface area contributed by atoms with E-state index in [0.717, 1.165) is 6.42 Å². The van der Waals surface area contributed by atoms with Crippen LogP contribution in [0.2, 0.25) is 0 Å². The minimum Gasteiger partial charge on any atom is -0.481 e. The van der Waals surface area contributed by atoms with Crippen molar-refractivity contribution in [1.82, 2.24) is 0 Å². The highest BCUT2D eigenvalue weighted by Crippen LogP contribution is 1.83. The Morgan fingerprint density at radius 2 is 1.69 bits per heavy atom. The summed E-state index contributed by atoms with van der Waals surface area (Å²) in [6.45, 7) is 3.53. The average molecular weight is 212 g/mol. The average Bonchev–Trinajstić information content (AvgIpc) is 1.84. The Kier molecular flexibility index (Phi) is 9.16. The maximum Gasteiger partial charge on any atom is 0.303 e. The molecule has 0 aliphatic heterocycles. The van der Waals surface area contributed by atoms with Gasteiger partial charge in [0.25, 0.3) is 10.1 Å². The topological polar surface area (TPSA) is 91.7 Å². The van der Waals surface area contributed by atoms with Crippen LogP contribution >= 0.6 is 0 Å². The van der Waals surface area contributed by atoms with Crippen LogP contribution in [0.3, 0.4) is 0 Å². The van der Waals surface area contributed by atoms with E-state index in [-0.39, 0.29) is 5.75 Å². The summed E-state index contributed by atoms with van der Waals surface area (Å²) in [5.41, 5.74) is 0. The van der Waals surface area contributed by atoms with Crippen LogP contribution in [0.1, 0.15) is 33.1 Å². The summed E-state index contributed by atoms with van der Waals surface area (Å²) < 4.78 is 27.6. The number of aliphatic carboxylic acids is 1. The van der Waals surface area contributed by atoms with Gasteiger partial charge in [0.15, 0.2) is 0 Å².